The number of fused-ring (bicyclic) bond motifs is 1. The Hall–Kier alpha value is -2.64. The lowest BCUT2D eigenvalue weighted by molar-refractivity contribution is -0.384. The van der Waals surface area contributed by atoms with Crippen molar-refractivity contribution in [1.82, 2.24) is 10.3 Å². The number of benzene rings is 1. The van der Waals surface area contributed by atoms with Gasteiger partial charge in [0.1, 0.15) is 5.52 Å². The van der Waals surface area contributed by atoms with Gasteiger partial charge < -0.3 is 15.1 Å². The molecule has 112 valence electrons. The quantitative estimate of drug-likeness (QED) is 0.623. The van der Waals surface area contributed by atoms with Gasteiger partial charge in [0.05, 0.1) is 11.0 Å². The van der Waals surface area contributed by atoms with E-state index >= 15 is 0 Å². The number of oxazole rings is 1. The molecule has 0 saturated heterocycles. The lowest BCUT2D eigenvalue weighted by atomic mass is 10.3. The fourth-order valence-electron chi connectivity index (χ4n) is 1.78. The third-order valence-corrected chi connectivity index (χ3v) is 2.66. The minimum absolute atomic E-state index is 0.0542. The lowest BCUT2D eigenvalue weighted by Gasteiger charge is -2.07. The van der Waals surface area contributed by atoms with Gasteiger partial charge in [0.2, 0.25) is 5.91 Å². The van der Waals surface area contributed by atoms with Crippen molar-refractivity contribution in [3.63, 3.8) is 0 Å². The molecular formula is C13H16N4O4. The average molecular weight is 292 g/mol. The van der Waals surface area contributed by atoms with Crippen LogP contribution in [0.1, 0.15) is 20.3 Å². The number of nitrogens with zero attached hydrogens (tertiary/aromatic N) is 2. The molecule has 1 amide bonds. The standard InChI is InChI=1S/C13H16N4O4/c1-8(2)15-12(18)5-6-14-13-16-10-4-3-9(17(19)20)7-11(10)21-13/h3-4,7-8H,5-6H2,1-2H3,(H,14,16)(H,15,18). The molecule has 8 heteroatoms. The molecule has 1 heterocycles. The third-order valence-electron chi connectivity index (χ3n) is 2.66. The molecule has 21 heavy (non-hydrogen) atoms. The van der Waals surface area contributed by atoms with Crippen LogP contribution in [0.25, 0.3) is 11.1 Å². The van der Waals surface area contributed by atoms with Crippen LogP contribution in [-0.2, 0) is 4.79 Å². The summed E-state index contributed by atoms with van der Waals surface area (Å²) < 4.78 is 5.36. The van der Waals surface area contributed by atoms with Crippen LogP contribution in [0, 0.1) is 10.1 Å². The molecule has 0 aliphatic heterocycles. The van der Waals surface area contributed by atoms with Crippen LogP contribution in [-0.4, -0.2) is 28.4 Å². The number of non-ortho nitro benzene ring substituents is 1. The van der Waals surface area contributed by atoms with E-state index in [0.717, 1.165) is 0 Å². The molecule has 1 aromatic carbocycles. The number of hydrogen-bond acceptors (Lipinski definition) is 6. The SMILES string of the molecule is CC(C)NC(=O)CCNc1nc2ccc([N+](=O)[O-])cc2o1. The highest BCUT2D eigenvalue weighted by Crippen LogP contribution is 2.23. The molecular weight excluding hydrogens is 276 g/mol. The Labute approximate surface area is 120 Å². The molecule has 0 radical (unpaired) electrons. The fourth-order valence-corrected chi connectivity index (χ4v) is 1.78. The van der Waals surface area contributed by atoms with Crippen molar-refractivity contribution < 1.29 is 14.1 Å². The van der Waals surface area contributed by atoms with Crippen LogP contribution in [0.3, 0.4) is 0 Å². The minimum Gasteiger partial charge on any atom is -0.423 e. The van der Waals surface area contributed by atoms with Crippen LogP contribution in [0.4, 0.5) is 11.7 Å². The lowest BCUT2D eigenvalue weighted by Crippen LogP contribution is -2.31. The van der Waals surface area contributed by atoms with Crippen molar-refractivity contribution in [2.24, 2.45) is 0 Å². The second-order valence-electron chi connectivity index (χ2n) is 4.83. The molecule has 0 spiro atoms. The van der Waals surface area contributed by atoms with Crippen molar-refractivity contribution in [2.75, 3.05) is 11.9 Å². The summed E-state index contributed by atoms with van der Waals surface area (Å²) in [5.41, 5.74) is 0.801. The minimum atomic E-state index is -0.495. The maximum Gasteiger partial charge on any atom is 0.295 e. The summed E-state index contributed by atoms with van der Waals surface area (Å²) in [6.45, 7) is 4.14. The van der Waals surface area contributed by atoms with E-state index in [4.69, 9.17) is 4.42 Å². The van der Waals surface area contributed by atoms with Gasteiger partial charge in [-0.2, -0.15) is 4.98 Å². The topological polar surface area (TPSA) is 110 Å². The van der Waals surface area contributed by atoms with Crippen LogP contribution in [0.5, 0.6) is 0 Å². The smallest absolute Gasteiger partial charge is 0.295 e. The molecule has 2 N–H and O–H groups in total. The molecule has 0 unspecified atom stereocenters. The number of nitro benzene ring substituents is 1. The average Bonchev–Trinajstić information content (AvgIpc) is 2.79. The van der Waals surface area contributed by atoms with Gasteiger partial charge in [0.25, 0.3) is 11.7 Å². The highest BCUT2D eigenvalue weighted by Gasteiger charge is 2.11. The first kappa shape index (κ1) is 14.8. The molecule has 1 aromatic heterocycles. The third kappa shape index (κ3) is 3.91. The van der Waals surface area contributed by atoms with Crippen LogP contribution < -0.4 is 10.6 Å². The number of carbonyl (C=O) groups is 1. The zero-order valence-electron chi connectivity index (χ0n) is 11.8. The molecule has 2 rings (SSSR count). The van der Waals surface area contributed by atoms with Gasteiger partial charge in [-0.1, -0.05) is 0 Å². The largest absolute Gasteiger partial charge is 0.423 e. The Balaban J connectivity index is 1.97. The van der Waals surface area contributed by atoms with Gasteiger partial charge in [-0.05, 0) is 19.9 Å². The summed E-state index contributed by atoms with van der Waals surface area (Å²) in [5.74, 6) is -0.0655. The number of anilines is 1. The summed E-state index contributed by atoms with van der Waals surface area (Å²) in [6.07, 6.45) is 0.289. The van der Waals surface area contributed by atoms with E-state index in [1.807, 2.05) is 13.8 Å². The molecule has 2 aromatic rings. The van der Waals surface area contributed by atoms with Gasteiger partial charge in [0, 0.05) is 25.1 Å². The van der Waals surface area contributed by atoms with E-state index in [9.17, 15) is 14.9 Å². The van der Waals surface area contributed by atoms with E-state index < -0.39 is 4.92 Å². The number of amides is 1. The van der Waals surface area contributed by atoms with Crippen molar-refractivity contribution in [1.29, 1.82) is 0 Å². The van der Waals surface area contributed by atoms with Crippen LogP contribution in [0.2, 0.25) is 0 Å². The number of nitro groups is 1. The first-order chi connectivity index (χ1) is 9.95. The molecule has 0 saturated carbocycles. The van der Waals surface area contributed by atoms with Crippen molar-refractivity contribution in [3.8, 4) is 0 Å². The van der Waals surface area contributed by atoms with E-state index in [0.29, 0.717) is 17.6 Å². The summed E-state index contributed by atoms with van der Waals surface area (Å²) in [5, 5.41) is 16.3. The zero-order valence-corrected chi connectivity index (χ0v) is 11.8. The monoisotopic (exact) mass is 292 g/mol. The van der Waals surface area contributed by atoms with Crippen molar-refractivity contribution in [2.45, 2.75) is 26.3 Å². The first-order valence-electron chi connectivity index (χ1n) is 6.54. The molecule has 0 fully saturated rings. The summed E-state index contributed by atoms with van der Waals surface area (Å²) in [6, 6.07) is 4.54. The Kier molecular flexibility index (Phi) is 4.36. The second kappa shape index (κ2) is 6.21. The second-order valence-corrected chi connectivity index (χ2v) is 4.83. The Morgan fingerprint density at radius 2 is 2.24 bits per heavy atom. The van der Waals surface area contributed by atoms with Gasteiger partial charge >= 0.3 is 0 Å². The maximum atomic E-state index is 11.5. The Morgan fingerprint density at radius 1 is 1.48 bits per heavy atom. The van der Waals surface area contributed by atoms with Gasteiger partial charge in [-0.15, -0.1) is 0 Å². The van der Waals surface area contributed by atoms with Crippen molar-refractivity contribution >= 4 is 28.7 Å². The van der Waals surface area contributed by atoms with Gasteiger partial charge in [-0.25, -0.2) is 0 Å². The van der Waals surface area contributed by atoms with Crippen LogP contribution >= 0.6 is 0 Å². The van der Waals surface area contributed by atoms with E-state index in [1.165, 1.54) is 18.2 Å². The molecule has 0 aliphatic rings. The number of carbonyl (C=O) groups excluding carboxylic acids is 1. The summed E-state index contributed by atoms with van der Waals surface area (Å²) >= 11 is 0. The highest BCUT2D eigenvalue weighted by molar-refractivity contribution is 5.78. The maximum absolute atomic E-state index is 11.5. The van der Waals surface area contributed by atoms with Crippen LogP contribution in [0.15, 0.2) is 22.6 Å². The zero-order chi connectivity index (χ0) is 15.4. The highest BCUT2D eigenvalue weighted by atomic mass is 16.6. The summed E-state index contributed by atoms with van der Waals surface area (Å²) in [7, 11) is 0. The number of rotatable bonds is 6. The Bertz CT molecular complexity index is 665. The van der Waals surface area contributed by atoms with Gasteiger partial charge in [-0.3, -0.25) is 14.9 Å². The normalized spacial score (nSPS) is 10.8. The Morgan fingerprint density at radius 3 is 2.90 bits per heavy atom. The van der Waals surface area contributed by atoms with E-state index in [1.54, 1.807) is 0 Å². The van der Waals surface area contributed by atoms with E-state index in [-0.39, 0.29) is 30.1 Å². The number of aromatic nitrogens is 1. The van der Waals surface area contributed by atoms with Crippen molar-refractivity contribution in [3.05, 3.63) is 28.3 Å². The predicted molar refractivity (Wildman–Crippen MR) is 77.0 cm³/mol. The fraction of sp³-hybridized carbons (Fsp3) is 0.385. The number of nitrogens with one attached hydrogen (secondary N) is 2. The molecule has 0 aliphatic carbocycles. The summed E-state index contributed by atoms with van der Waals surface area (Å²) in [4.78, 5) is 25.8. The predicted octanol–water partition coefficient (Wildman–Crippen LogP) is 2.06. The van der Waals surface area contributed by atoms with Gasteiger partial charge in [0.15, 0.2) is 5.58 Å². The first-order valence-corrected chi connectivity index (χ1v) is 6.54. The van der Waals surface area contributed by atoms with E-state index in [2.05, 4.69) is 15.6 Å². The molecule has 0 atom stereocenters. The number of hydrogen-bond donors (Lipinski definition) is 2. The molecule has 0 bridgehead atoms. The molecule has 8 nitrogen and oxygen atoms in total.